The third-order valence-electron chi connectivity index (χ3n) is 10.7. The highest BCUT2D eigenvalue weighted by molar-refractivity contribution is 5.64. The minimum atomic E-state index is -0.265. The van der Waals surface area contributed by atoms with Crippen LogP contribution in [0.25, 0.3) is 0 Å². The first kappa shape index (κ1) is 25.6. The summed E-state index contributed by atoms with van der Waals surface area (Å²) in [7, 11) is 0. The summed E-state index contributed by atoms with van der Waals surface area (Å²) in [4.78, 5) is 2.81. The molecule has 3 aromatic rings. The van der Waals surface area contributed by atoms with Crippen LogP contribution in [0.15, 0.2) is 84.9 Å². The maximum Gasteiger partial charge on any atom is 0.166 e. The number of benzene rings is 3. The van der Waals surface area contributed by atoms with Crippen LogP contribution in [-0.2, 0) is 29.6 Å². The standard InChI is InChI=1S/C37H41NO3/c1-26-18-19-37(40-22-8-13-27-9-4-2-5-10-27)32-23-30-16-17-31(39-25-29-11-6-3-7-12-29)34-33(30)36(37,35(26)41-34)20-21-38(32)24-28-14-15-28/h2-7,9-12,16-17,28,32,35H,1,8,13-15,18-25H2/t32-,35?,36+,37-/m1/s1. The second-order valence-corrected chi connectivity index (χ2v) is 13.1. The van der Waals surface area contributed by atoms with Gasteiger partial charge in [-0.15, -0.1) is 0 Å². The summed E-state index contributed by atoms with van der Waals surface area (Å²) in [5.41, 5.74) is 6.12. The van der Waals surface area contributed by atoms with Crippen LogP contribution in [-0.4, -0.2) is 42.3 Å². The van der Waals surface area contributed by atoms with Gasteiger partial charge in [-0.3, -0.25) is 4.90 Å². The van der Waals surface area contributed by atoms with Crippen LogP contribution in [0.4, 0.5) is 0 Å². The molecule has 0 amide bonds. The summed E-state index contributed by atoms with van der Waals surface area (Å²) >= 11 is 0. The Hall–Kier alpha value is -3.08. The summed E-state index contributed by atoms with van der Waals surface area (Å²) < 4.78 is 20.9. The van der Waals surface area contributed by atoms with Crippen molar-refractivity contribution in [2.45, 2.75) is 81.1 Å². The lowest BCUT2D eigenvalue weighted by Gasteiger charge is -2.65. The van der Waals surface area contributed by atoms with E-state index in [1.54, 1.807) is 0 Å². The summed E-state index contributed by atoms with van der Waals surface area (Å²) in [5, 5.41) is 0. The van der Waals surface area contributed by atoms with Crippen LogP contribution in [0.5, 0.6) is 11.5 Å². The molecule has 41 heavy (non-hydrogen) atoms. The van der Waals surface area contributed by atoms with Crippen molar-refractivity contribution >= 4 is 0 Å². The molecule has 4 heteroatoms. The molecule has 2 bridgehead atoms. The lowest BCUT2D eigenvalue weighted by Crippen LogP contribution is -2.76. The fourth-order valence-corrected chi connectivity index (χ4v) is 8.67. The van der Waals surface area contributed by atoms with Gasteiger partial charge in [0.2, 0.25) is 0 Å². The number of hydrogen-bond acceptors (Lipinski definition) is 4. The maximum atomic E-state index is 7.36. The van der Waals surface area contributed by atoms with Gasteiger partial charge in [0.1, 0.15) is 12.7 Å². The van der Waals surface area contributed by atoms with Crippen molar-refractivity contribution in [3.05, 3.63) is 107 Å². The Morgan fingerprint density at radius 3 is 2.49 bits per heavy atom. The average Bonchev–Trinajstić information content (AvgIpc) is 3.75. The van der Waals surface area contributed by atoms with E-state index in [1.165, 1.54) is 47.2 Å². The van der Waals surface area contributed by atoms with Crippen LogP contribution in [0, 0.1) is 5.92 Å². The van der Waals surface area contributed by atoms with Gasteiger partial charge < -0.3 is 14.2 Å². The zero-order valence-corrected chi connectivity index (χ0v) is 24.0. The van der Waals surface area contributed by atoms with Crippen molar-refractivity contribution in [2.24, 2.45) is 5.92 Å². The number of nitrogens with zero attached hydrogens (tertiary/aromatic N) is 1. The molecule has 4 atom stereocenters. The summed E-state index contributed by atoms with van der Waals surface area (Å²) in [6.07, 6.45) is 8.86. The van der Waals surface area contributed by atoms with Gasteiger partial charge >= 0.3 is 0 Å². The number of hydrogen-bond donors (Lipinski definition) is 0. The van der Waals surface area contributed by atoms with E-state index in [0.717, 1.165) is 69.1 Å². The van der Waals surface area contributed by atoms with E-state index in [-0.39, 0.29) is 17.1 Å². The molecular formula is C37H41NO3. The van der Waals surface area contributed by atoms with E-state index in [0.29, 0.717) is 12.6 Å². The average molecular weight is 548 g/mol. The first-order valence-electron chi connectivity index (χ1n) is 15.8. The lowest BCUT2D eigenvalue weighted by atomic mass is 9.48. The third-order valence-corrected chi connectivity index (χ3v) is 10.7. The SMILES string of the molecule is C=C1CC[C@@]2(OCCCc3ccccc3)[C@H]3Cc4ccc(OCc5ccccc5)c5c4[C@@]2(CCN3CC2CC2)C1O5. The largest absolute Gasteiger partial charge is 0.485 e. The van der Waals surface area contributed by atoms with Gasteiger partial charge in [0.05, 0.1) is 11.0 Å². The molecule has 2 aliphatic heterocycles. The maximum absolute atomic E-state index is 7.36. The van der Waals surface area contributed by atoms with Gasteiger partial charge in [-0.05, 0) is 92.2 Å². The van der Waals surface area contributed by atoms with E-state index in [2.05, 4.69) is 78.2 Å². The Labute approximate surface area is 244 Å². The molecule has 1 saturated heterocycles. The number of rotatable bonds is 10. The van der Waals surface area contributed by atoms with E-state index < -0.39 is 0 Å². The van der Waals surface area contributed by atoms with Crippen LogP contribution in [0.1, 0.15) is 60.8 Å². The minimum absolute atomic E-state index is 0.0496. The van der Waals surface area contributed by atoms with E-state index in [1.807, 2.05) is 6.07 Å². The van der Waals surface area contributed by atoms with Gasteiger partial charge in [-0.1, -0.05) is 73.3 Å². The first-order chi connectivity index (χ1) is 20.2. The lowest BCUT2D eigenvalue weighted by molar-refractivity contribution is -0.207. The Kier molecular flexibility index (Phi) is 6.27. The van der Waals surface area contributed by atoms with Gasteiger partial charge in [-0.25, -0.2) is 0 Å². The van der Waals surface area contributed by atoms with E-state index in [9.17, 15) is 0 Å². The highest BCUT2D eigenvalue weighted by Crippen LogP contribution is 2.67. The monoisotopic (exact) mass is 547 g/mol. The second-order valence-electron chi connectivity index (χ2n) is 13.1. The normalized spacial score (nSPS) is 29.6. The second kappa shape index (κ2) is 10.0. The Bertz CT molecular complexity index is 1430. The predicted octanol–water partition coefficient (Wildman–Crippen LogP) is 7.04. The smallest absolute Gasteiger partial charge is 0.166 e. The van der Waals surface area contributed by atoms with Crippen molar-refractivity contribution < 1.29 is 14.2 Å². The van der Waals surface area contributed by atoms with Crippen molar-refractivity contribution in [3.63, 3.8) is 0 Å². The molecule has 2 saturated carbocycles. The van der Waals surface area contributed by atoms with Crippen LogP contribution >= 0.6 is 0 Å². The zero-order valence-electron chi connectivity index (χ0n) is 24.0. The molecule has 0 aromatic heterocycles. The molecule has 0 radical (unpaired) electrons. The Morgan fingerprint density at radius 2 is 1.71 bits per heavy atom. The van der Waals surface area contributed by atoms with Crippen molar-refractivity contribution in [2.75, 3.05) is 19.7 Å². The zero-order chi connectivity index (χ0) is 27.4. The number of ether oxygens (including phenoxy) is 3. The summed E-state index contributed by atoms with van der Waals surface area (Å²) in [5.74, 6) is 2.68. The first-order valence-corrected chi connectivity index (χ1v) is 15.8. The van der Waals surface area contributed by atoms with Crippen LogP contribution in [0.2, 0.25) is 0 Å². The summed E-state index contributed by atoms with van der Waals surface area (Å²) in [6.45, 7) is 8.23. The Balaban J connectivity index is 1.17. The third kappa shape index (κ3) is 4.09. The topological polar surface area (TPSA) is 30.9 Å². The molecule has 8 rings (SSSR count). The molecule has 0 N–H and O–H groups in total. The molecule has 3 aliphatic carbocycles. The van der Waals surface area contributed by atoms with Crippen LogP contribution < -0.4 is 9.47 Å². The van der Waals surface area contributed by atoms with E-state index >= 15 is 0 Å². The van der Waals surface area contributed by atoms with Crippen LogP contribution in [0.3, 0.4) is 0 Å². The molecule has 2 heterocycles. The molecular weight excluding hydrogens is 506 g/mol. The van der Waals surface area contributed by atoms with Gasteiger partial charge in [-0.2, -0.15) is 0 Å². The number of aryl methyl sites for hydroxylation is 1. The molecule has 3 aromatic carbocycles. The van der Waals surface area contributed by atoms with Gasteiger partial charge in [0.15, 0.2) is 11.5 Å². The summed E-state index contributed by atoms with van der Waals surface area (Å²) in [6, 6.07) is 26.1. The van der Waals surface area contributed by atoms with E-state index in [4.69, 9.17) is 14.2 Å². The minimum Gasteiger partial charge on any atom is -0.485 e. The molecule has 3 fully saturated rings. The highest BCUT2D eigenvalue weighted by atomic mass is 16.5. The Morgan fingerprint density at radius 1 is 0.927 bits per heavy atom. The molecule has 1 unspecified atom stereocenters. The highest BCUT2D eigenvalue weighted by Gasteiger charge is 2.73. The quantitative estimate of drug-likeness (QED) is 0.201. The predicted molar refractivity (Wildman–Crippen MR) is 162 cm³/mol. The van der Waals surface area contributed by atoms with Gasteiger partial charge in [0, 0.05) is 24.8 Å². The molecule has 1 spiro atoms. The number of piperidine rings is 1. The fraction of sp³-hybridized carbons (Fsp3) is 0.459. The molecule has 5 aliphatic rings. The van der Waals surface area contributed by atoms with Crippen molar-refractivity contribution in [3.8, 4) is 11.5 Å². The van der Waals surface area contributed by atoms with Gasteiger partial charge in [0.25, 0.3) is 0 Å². The number of likely N-dealkylation sites (tertiary alicyclic amines) is 1. The fourth-order valence-electron chi connectivity index (χ4n) is 8.67. The van der Waals surface area contributed by atoms with Crippen molar-refractivity contribution in [1.82, 2.24) is 4.90 Å². The molecule has 212 valence electrons. The van der Waals surface area contributed by atoms with Crippen molar-refractivity contribution in [1.29, 1.82) is 0 Å². The molecule has 4 nitrogen and oxygen atoms in total.